The molecule has 0 saturated carbocycles. The Morgan fingerprint density at radius 3 is 2.81 bits per heavy atom. The minimum Gasteiger partial charge on any atom is -0.383 e. The zero-order valence-electron chi connectivity index (χ0n) is 11.9. The molecule has 3 nitrogen and oxygen atoms in total. The number of hydrogen-bond donors (Lipinski definition) is 2. The molecule has 1 aliphatic carbocycles. The molecule has 0 aliphatic heterocycles. The molecule has 0 heterocycles. The number of allylic oxidation sites excluding steroid dienone is 2. The van der Waals surface area contributed by atoms with Gasteiger partial charge < -0.3 is 10.4 Å². The van der Waals surface area contributed by atoms with Crippen molar-refractivity contribution in [3.8, 4) is 0 Å². The standard InChI is InChI=1S/C16H19F2NO2/c1-16(21,13-8-7-12(17)9-14(13)18)10-19-15(20)11-5-3-2-4-6-11/h2-3,7-9,11,21H,4-6,10H2,1H3,(H,19,20). The van der Waals surface area contributed by atoms with Crippen LogP contribution in [0.15, 0.2) is 30.4 Å². The maximum absolute atomic E-state index is 13.7. The summed E-state index contributed by atoms with van der Waals surface area (Å²) in [5.74, 6) is -1.79. The first-order chi connectivity index (χ1) is 9.90. The minimum absolute atomic E-state index is 0.0345. The second-order valence-corrected chi connectivity index (χ2v) is 5.60. The third-order valence-electron chi connectivity index (χ3n) is 3.76. The van der Waals surface area contributed by atoms with Crippen molar-refractivity contribution in [3.63, 3.8) is 0 Å². The van der Waals surface area contributed by atoms with Crippen molar-refractivity contribution in [3.05, 3.63) is 47.5 Å². The van der Waals surface area contributed by atoms with Gasteiger partial charge in [-0.15, -0.1) is 0 Å². The SMILES string of the molecule is CC(O)(CNC(=O)C1CC=CCC1)c1ccc(F)cc1F. The van der Waals surface area contributed by atoms with E-state index in [1.165, 1.54) is 13.0 Å². The lowest BCUT2D eigenvalue weighted by atomic mass is 9.92. The van der Waals surface area contributed by atoms with Crippen LogP contribution in [-0.2, 0) is 10.4 Å². The third-order valence-corrected chi connectivity index (χ3v) is 3.76. The zero-order chi connectivity index (χ0) is 15.5. The second kappa shape index (κ2) is 6.35. The quantitative estimate of drug-likeness (QED) is 0.839. The van der Waals surface area contributed by atoms with E-state index in [0.29, 0.717) is 6.42 Å². The van der Waals surface area contributed by atoms with Crippen molar-refractivity contribution in [2.24, 2.45) is 5.92 Å². The van der Waals surface area contributed by atoms with Crippen molar-refractivity contribution < 1.29 is 18.7 Å². The molecule has 2 rings (SSSR count). The first kappa shape index (κ1) is 15.6. The Hall–Kier alpha value is -1.75. The number of nitrogens with one attached hydrogen (secondary N) is 1. The summed E-state index contributed by atoms with van der Waals surface area (Å²) in [5.41, 5.74) is -1.62. The molecule has 114 valence electrons. The fourth-order valence-electron chi connectivity index (χ4n) is 2.46. The smallest absolute Gasteiger partial charge is 0.223 e. The van der Waals surface area contributed by atoms with E-state index in [0.717, 1.165) is 25.0 Å². The maximum Gasteiger partial charge on any atom is 0.223 e. The van der Waals surface area contributed by atoms with Crippen LogP contribution in [0.25, 0.3) is 0 Å². The highest BCUT2D eigenvalue weighted by atomic mass is 19.1. The number of carbonyl (C=O) groups excluding carboxylic acids is 1. The number of amides is 1. The number of rotatable bonds is 4. The van der Waals surface area contributed by atoms with Gasteiger partial charge in [-0.3, -0.25) is 4.79 Å². The summed E-state index contributed by atoms with van der Waals surface area (Å²) >= 11 is 0. The van der Waals surface area contributed by atoms with Gasteiger partial charge in [-0.05, 0) is 32.3 Å². The largest absolute Gasteiger partial charge is 0.383 e. The van der Waals surface area contributed by atoms with E-state index < -0.39 is 17.2 Å². The van der Waals surface area contributed by atoms with Crippen LogP contribution in [0.3, 0.4) is 0 Å². The van der Waals surface area contributed by atoms with Crippen molar-refractivity contribution in [1.29, 1.82) is 0 Å². The van der Waals surface area contributed by atoms with Crippen LogP contribution in [0.4, 0.5) is 8.78 Å². The molecule has 2 unspecified atom stereocenters. The highest BCUT2D eigenvalue weighted by Crippen LogP contribution is 2.24. The first-order valence-corrected chi connectivity index (χ1v) is 7.01. The Balaban J connectivity index is 2.00. The summed E-state index contributed by atoms with van der Waals surface area (Å²) in [7, 11) is 0. The van der Waals surface area contributed by atoms with E-state index in [-0.39, 0.29) is 23.9 Å². The van der Waals surface area contributed by atoms with Crippen LogP contribution in [0.1, 0.15) is 31.7 Å². The Kier molecular flexibility index (Phi) is 4.73. The number of aliphatic hydroxyl groups is 1. The summed E-state index contributed by atoms with van der Waals surface area (Å²) in [6.07, 6.45) is 6.31. The molecule has 0 radical (unpaired) electrons. The van der Waals surface area contributed by atoms with Gasteiger partial charge in [0.1, 0.15) is 17.2 Å². The van der Waals surface area contributed by atoms with Crippen molar-refractivity contribution >= 4 is 5.91 Å². The van der Waals surface area contributed by atoms with Crippen molar-refractivity contribution in [2.45, 2.75) is 31.8 Å². The van der Waals surface area contributed by atoms with Crippen LogP contribution in [0, 0.1) is 17.6 Å². The molecule has 0 fully saturated rings. The molecular weight excluding hydrogens is 276 g/mol. The number of benzene rings is 1. The molecule has 0 spiro atoms. The fourth-order valence-corrected chi connectivity index (χ4v) is 2.46. The van der Waals surface area contributed by atoms with Gasteiger partial charge in [0.2, 0.25) is 5.91 Å². The number of carbonyl (C=O) groups is 1. The van der Waals surface area contributed by atoms with E-state index >= 15 is 0 Å². The summed E-state index contributed by atoms with van der Waals surface area (Å²) in [6, 6.07) is 3.00. The highest BCUT2D eigenvalue weighted by Gasteiger charge is 2.29. The highest BCUT2D eigenvalue weighted by molar-refractivity contribution is 5.79. The van der Waals surface area contributed by atoms with Crippen LogP contribution < -0.4 is 5.32 Å². The normalized spacial score (nSPS) is 20.9. The average Bonchev–Trinajstić information content (AvgIpc) is 2.45. The van der Waals surface area contributed by atoms with E-state index in [2.05, 4.69) is 5.32 Å². The lowest BCUT2D eigenvalue weighted by molar-refractivity contribution is -0.126. The zero-order valence-corrected chi connectivity index (χ0v) is 11.9. The van der Waals surface area contributed by atoms with Gasteiger partial charge in [-0.25, -0.2) is 8.78 Å². The van der Waals surface area contributed by atoms with Gasteiger partial charge in [0.15, 0.2) is 0 Å². The van der Waals surface area contributed by atoms with Crippen molar-refractivity contribution in [1.82, 2.24) is 5.32 Å². The molecule has 1 aliphatic rings. The van der Waals surface area contributed by atoms with Gasteiger partial charge in [0.25, 0.3) is 0 Å². The Morgan fingerprint density at radius 2 is 2.19 bits per heavy atom. The lowest BCUT2D eigenvalue weighted by Gasteiger charge is -2.26. The Labute approximate surface area is 122 Å². The molecule has 1 amide bonds. The van der Waals surface area contributed by atoms with Gasteiger partial charge in [-0.2, -0.15) is 0 Å². The van der Waals surface area contributed by atoms with Gasteiger partial charge in [0, 0.05) is 17.5 Å². The molecule has 1 aromatic carbocycles. The molecule has 0 saturated heterocycles. The van der Waals surface area contributed by atoms with Gasteiger partial charge in [0.05, 0.1) is 6.54 Å². The topological polar surface area (TPSA) is 49.3 Å². The summed E-state index contributed by atoms with van der Waals surface area (Å²) in [5, 5.41) is 13.0. The molecular formula is C16H19F2NO2. The maximum atomic E-state index is 13.7. The third kappa shape index (κ3) is 3.88. The summed E-state index contributed by atoms with van der Waals surface area (Å²) in [6.45, 7) is 1.28. The van der Waals surface area contributed by atoms with Crippen LogP contribution >= 0.6 is 0 Å². The van der Waals surface area contributed by atoms with Gasteiger partial charge >= 0.3 is 0 Å². The lowest BCUT2D eigenvalue weighted by Crippen LogP contribution is -2.41. The van der Waals surface area contributed by atoms with E-state index in [1.807, 2.05) is 12.2 Å². The second-order valence-electron chi connectivity index (χ2n) is 5.60. The van der Waals surface area contributed by atoms with E-state index in [4.69, 9.17) is 0 Å². The molecule has 2 N–H and O–H groups in total. The Morgan fingerprint density at radius 1 is 1.43 bits per heavy atom. The van der Waals surface area contributed by atoms with E-state index in [1.54, 1.807) is 0 Å². The first-order valence-electron chi connectivity index (χ1n) is 7.01. The molecule has 1 aromatic rings. The van der Waals surface area contributed by atoms with E-state index in [9.17, 15) is 18.7 Å². The number of halogens is 2. The molecule has 2 atom stereocenters. The predicted molar refractivity (Wildman–Crippen MR) is 75.4 cm³/mol. The molecule has 0 bridgehead atoms. The molecule has 0 aromatic heterocycles. The fraction of sp³-hybridized carbons (Fsp3) is 0.438. The molecule has 5 heteroatoms. The van der Waals surface area contributed by atoms with Crippen LogP contribution in [-0.4, -0.2) is 17.6 Å². The minimum atomic E-state index is -1.59. The van der Waals surface area contributed by atoms with Crippen LogP contribution in [0.2, 0.25) is 0 Å². The number of hydrogen-bond acceptors (Lipinski definition) is 2. The predicted octanol–water partition coefficient (Wildman–Crippen LogP) is 2.64. The molecule has 21 heavy (non-hydrogen) atoms. The summed E-state index contributed by atoms with van der Waals surface area (Å²) in [4.78, 5) is 12.0. The van der Waals surface area contributed by atoms with Gasteiger partial charge in [-0.1, -0.05) is 18.2 Å². The summed E-state index contributed by atoms with van der Waals surface area (Å²) < 4.78 is 26.6. The van der Waals surface area contributed by atoms with Crippen LogP contribution in [0.5, 0.6) is 0 Å². The average molecular weight is 295 g/mol. The Bertz CT molecular complexity index is 555. The van der Waals surface area contributed by atoms with Crippen molar-refractivity contribution in [2.75, 3.05) is 6.54 Å². The monoisotopic (exact) mass is 295 g/mol.